The van der Waals surface area contributed by atoms with Crippen LogP contribution in [0.4, 0.5) is 4.39 Å². The summed E-state index contributed by atoms with van der Waals surface area (Å²) in [5, 5.41) is 0.0423. The SMILES string of the molecule is CC(Cl)C1CCN(S(=O)(=O)c2cncc(F)c2)CC1. The third-order valence-electron chi connectivity index (χ3n) is 3.47. The standard InChI is InChI=1S/C12H16ClFN2O2S/c1-9(13)10-2-4-16(5-3-10)19(17,18)12-6-11(14)7-15-8-12/h6-10H,2-5H2,1H3. The van der Waals surface area contributed by atoms with Crippen molar-refractivity contribution < 1.29 is 12.8 Å². The Hall–Kier alpha value is -0.720. The highest BCUT2D eigenvalue weighted by atomic mass is 35.5. The van der Waals surface area contributed by atoms with Gasteiger partial charge in [0.2, 0.25) is 10.0 Å². The Morgan fingerprint density at radius 3 is 2.58 bits per heavy atom. The Bertz CT molecular complexity index is 542. The fraction of sp³-hybridized carbons (Fsp3) is 0.583. The van der Waals surface area contributed by atoms with Gasteiger partial charge in [0.05, 0.1) is 6.20 Å². The van der Waals surface area contributed by atoms with Gasteiger partial charge in [-0.1, -0.05) is 0 Å². The number of pyridine rings is 1. The first-order valence-corrected chi connectivity index (χ1v) is 8.03. The lowest BCUT2D eigenvalue weighted by Gasteiger charge is -2.32. The molecule has 1 aliphatic rings. The molecule has 0 spiro atoms. The highest BCUT2D eigenvalue weighted by Gasteiger charge is 2.31. The van der Waals surface area contributed by atoms with Crippen LogP contribution in [0.5, 0.6) is 0 Å². The predicted octanol–water partition coefficient (Wildman–Crippen LogP) is 2.25. The molecule has 1 aromatic rings. The van der Waals surface area contributed by atoms with E-state index in [1.54, 1.807) is 0 Å². The average Bonchev–Trinajstić information content (AvgIpc) is 2.39. The van der Waals surface area contributed by atoms with Gasteiger partial charge >= 0.3 is 0 Å². The quantitative estimate of drug-likeness (QED) is 0.805. The largest absolute Gasteiger partial charge is 0.260 e. The van der Waals surface area contributed by atoms with E-state index in [0.717, 1.165) is 25.1 Å². The maximum atomic E-state index is 13.1. The first-order valence-electron chi connectivity index (χ1n) is 6.16. The summed E-state index contributed by atoms with van der Waals surface area (Å²) >= 11 is 6.03. The van der Waals surface area contributed by atoms with Gasteiger partial charge in [-0.25, -0.2) is 12.8 Å². The summed E-state index contributed by atoms with van der Waals surface area (Å²) in [5.41, 5.74) is 0. The first-order chi connectivity index (χ1) is 8.91. The lowest BCUT2D eigenvalue weighted by atomic mass is 9.95. The molecule has 2 heterocycles. The number of piperidine rings is 1. The first kappa shape index (κ1) is 14.7. The van der Waals surface area contributed by atoms with Crippen LogP contribution in [-0.4, -0.2) is 36.2 Å². The maximum absolute atomic E-state index is 13.1. The minimum Gasteiger partial charge on any atom is -0.260 e. The van der Waals surface area contributed by atoms with Gasteiger partial charge in [0.25, 0.3) is 0 Å². The van der Waals surface area contributed by atoms with Gasteiger partial charge in [0.15, 0.2) is 0 Å². The number of aromatic nitrogens is 1. The van der Waals surface area contributed by atoms with Crippen LogP contribution in [0.1, 0.15) is 19.8 Å². The minimum absolute atomic E-state index is 0.0423. The molecule has 0 amide bonds. The molecule has 1 fully saturated rings. The molecule has 19 heavy (non-hydrogen) atoms. The smallest absolute Gasteiger partial charge is 0.244 e. The molecule has 2 rings (SSSR count). The lowest BCUT2D eigenvalue weighted by molar-refractivity contribution is 0.271. The Labute approximate surface area is 117 Å². The van der Waals surface area contributed by atoms with Crippen molar-refractivity contribution in [1.29, 1.82) is 0 Å². The van der Waals surface area contributed by atoms with Crippen LogP contribution >= 0.6 is 11.6 Å². The van der Waals surface area contributed by atoms with Crippen molar-refractivity contribution in [3.63, 3.8) is 0 Å². The maximum Gasteiger partial charge on any atom is 0.244 e. The van der Waals surface area contributed by atoms with Crippen LogP contribution in [0.2, 0.25) is 0 Å². The van der Waals surface area contributed by atoms with Crippen molar-refractivity contribution in [3.8, 4) is 0 Å². The number of alkyl halides is 1. The van der Waals surface area contributed by atoms with E-state index in [4.69, 9.17) is 11.6 Å². The Balaban J connectivity index is 2.14. The molecule has 0 aromatic carbocycles. The molecule has 4 nitrogen and oxygen atoms in total. The van der Waals surface area contributed by atoms with Gasteiger partial charge in [-0.05, 0) is 31.7 Å². The molecule has 1 saturated heterocycles. The van der Waals surface area contributed by atoms with Crippen molar-refractivity contribution >= 4 is 21.6 Å². The zero-order valence-corrected chi connectivity index (χ0v) is 12.2. The van der Waals surface area contributed by atoms with Crippen molar-refractivity contribution in [2.75, 3.05) is 13.1 Å². The second-order valence-corrected chi connectivity index (χ2v) is 7.38. The second kappa shape index (κ2) is 5.73. The van der Waals surface area contributed by atoms with Crippen LogP contribution < -0.4 is 0 Å². The second-order valence-electron chi connectivity index (χ2n) is 4.76. The van der Waals surface area contributed by atoms with Gasteiger partial charge in [-0.3, -0.25) is 4.98 Å². The molecule has 0 saturated carbocycles. The van der Waals surface area contributed by atoms with Crippen molar-refractivity contribution in [1.82, 2.24) is 9.29 Å². The van der Waals surface area contributed by atoms with E-state index in [1.165, 1.54) is 10.5 Å². The fourth-order valence-electron chi connectivity index (χ4n) is 2.26. The molecule has 1 atom stereocenters. The van der Waals surface area contributed by atoms with Gasteiger partial charge in [0, 0.05) is 24.7 Å². The lowest BCUT2D eigenvalue weighted by Crippen LogP contribution is -2.40. The summed E-state index contributed by atoms with van der Waals surface area (Å²) in [4.78, 5) is 3.49. The van der Waals surface area contributed by atoms with Crippen LogP contribution in [-0.2, 0) is 10.0 Å². The predicted molar refractivity (Wildman–Crippen MR) is 71.0 cm³/mol. The van der Waals surface area contributed by atoms with Crippen LogP contribution in [0.25, 0.3) is 0 Å². The summed E-state index contributed by atoms with van der Waals surface area (Å²) in [6.07, 6.45) is 3.62. The van der Waals surface area contributed by atoms with E-state index >= 15 is 0 Å². The normalized spacial score (nSPS) is 20.4. The Kier molecular flexibility index (Phi) is 4.43. The van der Waals surface area contributed by atoms with Gasteiger partial charge in [0.1, 0.15) is 10.7 Å². The van der Waals surface area contributed by atoms with E-state index < -0.39 is 15.8 Å². The Morgan fingerprint density at radius 1 is 1.42 bits per heavy atom. The third kappa shape index (κ3) is 3.24. The van der Waals surface area contributed by atoms with E-state index in [0.29, 0.717) is 19.0 Å². The molecule has 7 heteroatoms. The average molecular weight is 307 g/mol. The molecule has 1 aromatic heterocycles. The zero-order valence-electron chi connectivity index (χ0n) is 10.6. The third-order valence-corrected chi connectivity index (χ3v) is 5.69. The van der Waals surface area contributed by atoms with E-state index in [2.05, 4.69) is 4.98 Å². The number of hydrogen-bond donors (Lipinski definition) is 0. The zero-order chi connectivity index (χ0) is 14.0. The summed E-state index contributed by atoms with van der Waals surface area (Å²) in [6.45, 7) is 2.76. The van der Waals surface area contributed by atoms with E-state index in [1.807, 2.05) is 6.92 Å². The molecule has 106 valence electrons. The fourth-order valence-corrected chi connectivity index (χ4v) is 3.96. The van der Waals surface area contributed by atoms with Crippen LogP contribution in [0.3, 0.4) is 0 Å². The summed E-state index contributed by atoms with van der Waals surface area (Å²) in [5.74, 6) is -0.316. The number of rotatable bonds is 3. The Morgan fingerprint density at radius 2 is 2.05 bits per heavy atom. The number of hydrogen-bond acceptors (Lipinski definition) is 3. The van der Waals surface area contributed by atoms with Crippen molar-refractivity contribution in [3.05, 3.63) is 24.3 Å². The van der Waals surface area contributed by atoms with Gasteiger partial charge in [-0.2, -0.15) is 4.31 Å². The monoisotopic (exact) mass is 306 g/mol. The highest BCUT2D eigenvalue weighted by molar-refractivity contribution is 7.89. The van der Waals surface area contributed by atoms with Crippen LogP contribution in [0, 0.1) is 11.7 Å². The van der Waals surface area contributed by atoms with E-state index in [-0.39, 0.29) is 10.3 Å². The summed E-state index contributed by atoms with van der Waals surface area (Å²) in [6, 6.07) is 0.999. The number of nitrogens with zero attached hydrogens (tertiary/aromatic N) is 2. The minimum atomic E-state index is -3.65. The van der Waals surface area contributed by atoms with E-state index in [9.17, 15) is 12.8 Å². The van der Waals surface area contributed by atoms with Gasteiger partial charge < -0.3 is 0 Å². The molecule has 0 N–H and O–H groups in total. The topological polar surface area (TPSA) is 50.3 Å². The molecular weight excluding hydrogens is 291 g/mol. The molecule has 1 unspecified atom stereocenters. The molecule has 0 aliphatic carbocycles. The molecule has 1 aliphatic heterocycles. The van der Waals surface area contributed by atoms with Crippen LogP contribution in [0.15, 0.2) is 23.4 Å². The van der Waals surface area contributed by atoms with Crippen molar-refractivity contribution in [2.45, 2.75) is 30.0 Å². The van der Waals surface area contributed by atoms with Crippen molar-refractivity contribution in [2.24, 2.45) is 5.92 Å². The highest BCUT2D eigenvalue weighted by Crippen LogP contribution is 2.27. The molecule has 0 radical (unpaired) electrons. The molecular formula is C12H16ClFN2O2S. The molecule has 0 bridgehead atoms. The number of halogens is 2. The summed E-state index contributed by atoms with van der Waals surface area (Å²) in [7, 11) is -3.65. The number of sulfonamides is 1. The summed E-state index contributed by atoms with van der Waals surface area (Å²) < 4.78 is 39.0. The van der Waals surface area contributed by atoms with Gasteiger partial charge in [-0.15, -0.1) is 11.6 Å².